The maximum absolute atomic E-state index is 2.53. The molecule has 0 aliphatic heterocycles. The predicted molar refractivity (Wildman–Crippen MR) is 153 cm³/mol. The van der Waals surface area contributed by atoms with Crippen molar-refractivity contribution in [1.29, 1.82) is 0 Å². The minimum Gasteiger partial charge on any atom is -0.301 e. The third kappa shape index (κ3) is 4.69. The Balaban J connectivity index is 1.95. The first-order valence-electron chi connectivity index (χ1n) is 13.4. The van der Waals surface area contributed by atoms with E-state index in [-0.39, 0.29) is 16.2 Å². The third-order valence-electron chi connectivity index (χ3n) is 8.23. The molecular weight excluding hydrogens is 422 g/mol. The lowest BCUT2D eigenvalue weighted by molar-refractivity contribution is 0.310. The molecule has 0 spiro atoms. The van der Waals surface area contributed by atoms with Gasteiger partial charge in [-0.3, -0.25) is 0 Å². The number of rotatable bonds is 3. The molecule has 0 N–H and O–H groups in total. The first-order chi connectivity index (χ1) is 16.0. The first kappa shape index (κ1) is 26.0. The zero-order chi connectivity index (χ0) is 26.1. The molecule has 2 aliphatic rings. The number of benzene rings is 2. The average Bonchev–Trinajstić information content (AvgIpc) is 3.25. The highest BCUT2D eigenvalue weighted by Gasteiger charge is 2.40. The van der Waals surface area contributed by atoms with Crippen LogP contribution >= 0.6 is 0 Å². The van der Waals surface area contributed by atoms with Gasteiger partial charge in [0.2, 0.25) is 0 Å². The number of likely N-dealkylation sites (N-methyl/N-ethyl adjacent to an activating group) is 1. The summed E-state index contributed by atoms with van der Waals surface area (Å²) in [5.41, 5.74) is 13.7. The monoisotopic (exact) mass is 469 g/mol. The van der Waals surface area contributed by atoms with Crippen molar-refractivity contribution >= 4 is 0 Å². The van der Waals surface area contributed by atoms with Crippen LogP contribution in [-0.4, -0.2) is 25.0 Å². The quantitative estimate of drug-likeness (QED) is 0.433. The molecule has 1 nitrogen and oxygen atoms in total. The minimum absolute atomic E-state index is 0.130. The minimum atomic E-state index is 0.130. The van der Waals surface area contributed by atoms with Crippen molar-refractivity contribution < 1.29 is 0 Å². The van der Waals surface area contributed by atoms with E-state index in [0.29, 0.717) is 12.0 Å². The van der Waals surface area contributed by atoms with Crippen LogP contribution in [-0.2, 0) is 10.8 Å². The molecule has 0 bridgehead atoms. The molecule has 1 heteroatoms. The van der Waals surface area contributed by atoms with Gasteiger partial charge in [0.25, 0.3) is 0 Å². The van der Waals surface area contributed by atoms with Crippen LogP contribution in [0.15, 0.2) is 59.2 Å². The summed E-state index contributed by atoms with van der Waals surface area (Å²) in [6, 6.07) is 14.9. The molecule has 35 heavy (non-hydrogen) atoms. The van der Waals surface area contributed by atoms with Crippen LogP contribution in [0.4, 0.5) is 0 Å². The Morgan fingerprint density at radius 3 is 1.51 bits per heavy atom. The number of hydrogen-bond donors (Lipinski definition) is 0. The molecule has 0 heterocycles. The van der Waals surface area contributed by atoms with E-state index in [1.54, 1.807) is 5.57 Å². The van der Waals surface area contributed by atoms with Gasteiger partial charge in [-0.15, -0.1) is 0 Å². The molecular formula is C34H47N. The van der Waals surface area contributed by atoms with Gasteiger partial charge in [-0.25, -0.2) is 0 Å². The van der Waals surface area contributed by atoms with E-state index in [9.17, 15) is 0 Å². The van der Waals surface area contributed by atoms with E-state index in [1.165, 1.54) is 44.5 Å². The van der Waals surface area contributed by atoms with Crippen LogP contribution in [0, 0.1) is 5.41 Å². The second kappa shape index (κ2) is 8.48. The fourth-order valence-corrected chi connectivity index (χ4v) is 5.89. The molecule has 188 valence electrons. The molecule has 0 aromatic heterocycles. The molecule has 1 atom stereocenters. The lowest BCUT2D eigenvalue weighted by Gasteiger charge is -2.33. The standard InChI is InChI=1S/C34H47N/c1-21-17-24(34(8,9)10)20-27(21)31(35(11)12)30-25-15-13-22(32(2,3)4)18-28(25)29-19-23(33(5,6)7)14-16-26(29)30/h13-16,18-20,30-31H,17H2,1-12H3. The van der Waals surface area contributed by atoms with Gasteiger partial charge in [-0.05, 0) is 82.6 Å². The molecule has 0 fully saturated rings. The Morgan fingerprint density at radius 1 is 0.714 bits per heavy atom. The fraction of sp³-hybridized carbons (Fsp3) is 0.529. The smallest absolute Gasteiger partial charge is 0.0451 e. The Kier molecular flexibility index (Phi) is 6.29. The molecule has 4 rings (SSSR count). The summed E-state index contributed by atoms with van der Waals surface area (Å²) in [6.45, 7) is 23.3. The van der Waals surface area contributed by atoms with Gasteiger partial charge in [0.05, 0.1) is 0 Å². The molecule has 2 aromatic carbocycles. The van der Waals surface area contributed by atoms with E-state index in [0.717, 1.165) is 6.42 Å². The summed E-state index contributed by atoms with van der Waals surface area (Å²) in [5.74, 6) is 0.332. The van der Waals surface area contributed by atoms with Crippen LogP contribution in [0.1, 0.15) is 104 Å². The van der Waals surface area contributed by atoms with Crippen molar-refractivity contribution in [3.8, 4) is 11.1 Å². The van der Waals surface area contributed by atoms with E-state index in [1.807, 2.05) is 0 Å². The summed E-state index contributed by atoms with van der Waals surface area (Å²) in [6.07, 6.45) is 3.63. The molecule has 1 unspecified atom stereocenters. The van der Waals surface area contributed by atoms with E-state index in [2.05, 4.69) is 131 Å². The Bertz CT molecular complexity index is 1140. The van der Waals surface area contributed by atoms with E-state index < -0.39 is 0 Å². The van der Waals surface area contributed by atoms with Gasteiger partial charge >= 0.3 is 0 Å². The zero-order valence-electron chi connectivity index (χ0n) is 24.4. The van der Waals surface area contributed by atoms with Crippen molar-refractivity contribution in [3.05, 3.63) is 81.4 Å². The third-order valence-corrected chi connectivity index (χ3v) is 8.23. The number of allylic oxidation sites excluding steroid dienone is 2. The lowest BCUT2D eigenvalue weighted by atomic mass is 9.81. The number of hydrogen-bond acceptors (Lipinski definition) is 1. The first-order valence-corrected chi connectivity index (χ1v) is 13.4. The summed E-state index contributed by atoms with van der Waals surface area (Å²) in [5, 5.41) is 0. The van der Waals surface area contributed by atoms with Crippen molar-refractivity contribution in [3.63, 3.8) is 0 Å². The van der Waals surface area contributed by atoms with Gasteiger partial charge in [-0.2, -0.15) is 0 Å². The highest BCUT2D eigenvalue weighted by Crippen LogP contribution is 2.52. The molecule has 0 amide bonds. The predicted octanol–water partition coefficient (Wildman–Crippen LogP) is 9.02. The van der Waals surface area contributed by atoms with Gasteiger partial charge in [0, 0.05) is 12.0 Å². The van der Waals surface area contributed by atoms with Crippen molar-refractivity contribution in [2.24, 2.45) is 5.41 Å². The Hall–Kier alpha value is -2.12. The molecule has 2 aromatic rings. The molecule has 0 saturated heterocycles. The largest absolute Gasteiger partial charge is 0.301 e. The molecule has 0 radical (unpaired) electrons. The van der Waals surface area contributed by atoms with Gasteiger partial charge in [-0.1, -0.05) is 116 Å². The fourth-order valence-electron chi connectivity index (χ4n) is 5.89. The van der Waals surface area contributed by atoms with E-state index in [4.69, 9.17) is 0 Å². The Labute approximate surface area is 215 Å². The highest BCUT2D eigenvalue weighted by molar-refractivity contribution is 5.81. The summed E-state index contributed by atoms with van der Waals surface area (Å²) < 4.78 is 0. The second-order valence-electron chi connectivity index (χ2n) is 14.3. The summed E-state index contributed by atoms with van der Waals surface area (Å²) >= 11 is 0. The molecule has 0 saturated carbocycles. The van der Waals surface area contributed by atoms with Crippen molar-refractivity contribution in [1.82, 2.24) is 4.90 Å². The van der Waals surface area contributed by atoms with Crippen molar-refractivity contribution in [2.75, 3.05) is 14.1 Å². The number of fused-ring (bicyclic) bond motifs is 3. The summed E-state index contributed by atoms with van der Waals surface area (Å²) in [7, 11) is 4.52. The number of nitrogens with zero attached hydrogens (tertiary/aromatic N) is 1. The van der Waals surface area contributed by atoms with Crippen LogP contribution in [0.5, 0.6) is 0 Å². The maximum Gasteiger partial charge on any atom is 0.0451 e. The van der Waals surface area contributed by atoms with Crippen LogP contribution in [0.3, 0.4) is 0 Å². The van der Waals surface area contributed by atoms with Crippen LogP contribution in [0.2, 0.25) is 0 Å². The average molecular weight is 470 g/mol. The van der Waals surface area contributed by atoms with E-state index >= 15 is 0 Å². The van der Waals surface area contributed by atoms with Crippen LogP contribution in [0.25, 0.3) is 11.1 Å². The van der Waals surface area contributed by atoms with Gasteiger partial charge in [0.15, 0.2) is 0 Å². The normalized spacial score (nSPS) is 17.7. The Morgan fingerprint density at radius 2 is 1.17 bits per heavy atom. The van der Waals surface area contributed by atoms with Gasteiger partial charge < -0.3 is 4.90 Å². The zero-order valence-corrected chi connectivity index (χ0v) is 24.4. The second-order valence-corrected chi connectivity index (χ2v) is 14.3. The SMILES string of the molecule is CC1=C(C(C2c3ccc(C(C)(C)C)cc3-c3cc(C(C)(C)C)ccc32)N(C)C)C=C(C(C)(C)C)C1. The van der Waals surface area contributed by atoms with Gasteiger partial charge in [0.1, 0.15) is 0 Å². The highest BCUT2D eigenvalue weighted by atomic mass is 15.1. The maximum atomic E-state index is 2.53. The molecule has 2 aliphatic carbocycles. The lowest BCUT2D eigenvalue weighted by Crippen LogP contribution is -2.35. The van der Waals surface area contributed by atoms with Crippen LogP contribution < -0.4 is 0 Å². The van der Waals surface area contributed by atoms with Crippen molar-refractivity contribution in [2.45, 2.75) is 98.4 Å². The topological polar surface area (TPSA) is 3.24 Å². The summed E-state index contributed by atoms with van der Waals surface area (Å²) in [4.78, 5) is 2.46.